The van der Waals surface area contributed by atoms with Gasteiger partial charge < -0.3 is 10.2 Å². The van der Waals surface area contributed by atoms with Gasteiger partial charge in [0.1, 0.15) is 6.04 Å². The minimum atomic E-state index is -3.63. The Hall–Kier alpha value is -2.78. The Balaban J connectivity index is 1.92. The molecule has 0 bridgehead atoms. The maximum atomic E-state index is 13.9. The summed E-state index contributed by atoms with van der Waals surface area (Å²) < 4.78 is 26.4. The van der Waals surface area contributed by atoms with Crippen LogP contribution in [0.4, 0.5) is 5.69 Å². The third-order valence-corrected chi connectivity index (χ3v) is 8.51. The molecule has 7 nitrogen and oxygen atoms in total. The molecule has 0 saturated carbocycles. The first-order valence-corrected chi connectivity index (χ1v) is 16.1. The van der Waals surface area contributed by atoms with E-state index < -0.39 is 16.1 Å². The summed E-state index contributed by atoms with van der Waals surface area (Å²) in [5.74, 6) is -0.635. The SMILES string of the molecule is CC(C)NC(=O)C(Cc1ccccc1)N(Cc1c(Cl)cccc1Cl)C(=O)CCCN(c1ccc(Cl)cc1)S(C)(=O)=O. The summed E-state index contributed by atoms with van der Waals surface area (Å²) in [5, 5.41) is 4.18. The van der Waals surface area contributed by atoms with Gasteiger partial charge in [-0.1, -0.05) is 71.2 Å². The van der Waals surface area contributed by atoms with Crippen LogP contribution in [-0.4, -0.2) is 50.0 Å². The number of carbonyl (C=O) groups is 2. The summed E-state index contributed by atoms with van der Waals surface area (Å²) in [6.45, 7) is 3.78. The van der Waals surface area contributed by atoms with Crippen LogP contribution in [-0.2, 0) is 32.6 Å². The molecular weight excluding hydrogens is 605 g/mol. The molecule has 41 heavy (non-hydrogen) atoms. The molecule has 3 rings (SSSR count). The Morgan fingerprint density at radius 2 is 1.49 bits per heavy atom. The Kier molecular flexibility index (Phi) is 11.9. The fourth-order valence-corrected chi connectivity index (χ4v) is 6.01. The summed E-state index contributed by atoms with van der Waals surface area (Å²) in [6.07, 6.45) is 1.59. The van der Waals surface area contributed by atoms with Crippen LogP contribution < -0.4 is 9.62 Å². The van der Waals surface area contributed by atoms with Crippen molar-refractivity contribution in [3.05, 3.63) is 99.0 Å². The van der Waals surface area contributed by atoms with Crippen molar-refractivity contribution in [1.82, 2.24) is 10.2 Å². The Morgan fingerprint density at radius 3 is 2.05 bits per heavy atom. The average Bonchev–Trinajstić information content (AvgIpc) is 2.90. The van der Waals surface area contributed by atoms with E-state index in [1.165, 1.54) is 9.21 Å². The molecule has 0 aliphatic rings. The number of halogens is 3. The van der Waals surface area contributed by atoms with E-state index in [2.05, 4.69) is 5.32 Å². The largest absolute Gasteiger partial charge is 0.352 e. The summed E-state index contributed by atoms with van der Waals surface area (Å²) in [4.78, 5) is 28.9. The van der Waals surface area contributed by atoms with Gasteiger partial charge in [0.05, 0.1) is 11.9 Å². The fraction of sp³-hybridized carbons (Fsp3) is 0.333. The molecule has 0 spiro atoms. The molecule has 0 heterocycles. The van der Waals surface area contributed by atoms with Crippen molar-refractivity contribution < 1.29 is 18.0 Å². The van der Waals surface area contributed by atoms with Crippen LogP contribution in [0.25, 0.3) is 0 Å². The summed E-state index contributed by atoms with van der Waals surface area (Å²) in [6, 6.07) is 19.9. The number of carbonyl (C=O) groups excluding carboxylic acids is 2. The van der Waals surface area contributed by atoms with E-state index in [0.717, 1.165) is 11.8 Å². The number of anilines is 1. The van der Waals surface area contributed by atoms with Crippen molar-refractivity contribution in [2.45, 2.75) is 51.7 Å². The molecule has 0 aliphatic carbocycles. The zero-order valence-electron chi connectivity index (χ0n) is 23.2. The van der Waals surface area contributed by atoms with Gasteiger partial charge in [-0.15, -0.1) is 0 Å². The highest BCUT2D eigenvalue weighted by Crippen LogP contribution is 2.28. The first-order valence-electron chi connectivity index (χ1n) is 13.2. The van der Waals surface area contributed by atoms with Crippen molar-refractivity contribution in [2.24, 2.45) is 0 Å². The molecule has 3 aromatic carbocycles. The van der Waals surface area contributed by atoms with Crippen LogP contribution >= 0.6 is 34.8 Å². The number of amides is 2. The number of hydrogen-bond donors (Lipinski definition) is 1. The highest BCUT2D eigenvalue weighted by Gasteiger charge is 2.31. The van der Waals surface area contributed by atoms with Crippen LogP contribution in [0.2, 0.25) is 15.1 Å². The van der Waals surface area contributed by atoms with Crippen LogP contribution in [0, 0.1) is 0 Å². The maximum Gasteiger partial charge on any atom is 0.243 e. The highest BCUT2D eigenvalue weighted by atomic mass is 35.5. The number of rotatable bonds is 13. The van der Waals surface area contributed by atoms with Gasteiger partial charge in [0, 0.05) is 52.6 Å². The molecule has 2 amide bonds. The topological polar surface area (TPSA) is 86.8 Å². The molecule has 220 valence electrons. The third kappa shape index (κ3) is 9.64. The Morgan fingerprint density at radius 1 is 0.878 bits per heavy atom. The van der Waals surface area contributed by atoms with Crippen molar-refractivity contribution >= 4 is 62.3 Å². The molecule has 1 atom stereocenters. The van der Waals surface area contributed by atoms with E-state index in [9.17, 15) is 18.0 Å². The van der Waals surface area contributed by atoms with Crippen LogP contribution in [0.3, 0.4) is 0 Å². The number of benzene rings is 3. The molecule has 0 aliphatic heterocycles. The van der Waals surface area contributed by atoms with E-state index in [1.54, 1.807) is 42.5 Å². The summed E-state index contributed by atoms with van der Waals surface area (Å²) >= 11 is 18.9. The lowest BCUT2D eigenvalue weighted by Gasteiger charge is -2.33. The minimum absolute atomic E-state index is 0.00727. The second kappa shape index (κ2) is 14.9. The molecule has 0 saturated heterocycles. The quantitative estimate of drug-likeness (QED) is 0.236. The van der Waals surface area contributed by atoms with E-state index in [1.807, 2.05) is 44.2 Å². The lowest BCUT2D eigenvalue weighted by atomic mass is 10.0. The summed E-state index contributed by atoms with van der Waals surface area (Å²) in [7, 11) is -3.63. The molecular formula is C30H34Cl3N3O4S. The Labute approximate surface area is 257 Å². The second-order valence-electron chi connectivity index (χ2n) is 10.0. The van der Waals surface area contributed by atoms with Gasteiger partial charge in [-0.3, -0.25) is 13.9 Å². The lowest BCUT2D eigenvalue weighted by molar-refractivity contribution is -0.141. The predicted octanol–water partition coefficient (Wildman–Crippen LogP) is 6.36. The third-order valence-electron chi connectivity index (χ3n) is 6.36. The maximum absolute atomic E-state index is 13.9. The standard InChI is InChI=1S/C30H34Cl3N3O4S/c1-21(2)34-30(38)28(19-22-9-5-4-6-10-22)35(20-25-26(32)11-7-12-27(25)33)29(37)13-8-18-36(41(3,39)40)24-16-14-23(31)15-17-24/h4-7,9-12,14-17,21,28H,8,13,18-20H2,1-3H3,(H,34,38). The van der Waals surface area contributed by atoms with Crippen molar-refractivity contribution in [1.29, 1.82) is 0 Å². The fourth-order valence-electron chi connectivity index (χ4n) is 4.40. The molecule has 3 aromatic rings. The van der Waals surface area contributed by atoms with Gasteiger partial charge >= 0.3 is 0 Å². The Bertz CT molecular complexity index is 1410. The van der Waals surface area contributed by atoms with Crippen LogP contribution in [0.15, 0.2) is 72.8 Å². The zero-order valence-corrected chi connectivity index (χ0v) is 26.3. The monoisotopic (exact) mass is 637 g/mol. The van der Waals surface area contributed by atoms with Crippen molar-refractivity contribution in [3.63, 3.8) is 0 Å². The predicted molar refractivity (Wildman–Crippen MR) is 167 cm³/mol. The molecule has 1 unspecified atom stereocenters. The first-order chi connectivity index (χ1) is 19.4. The van der Waals surface area contributed by atoms with E-state index in [0.29, 0.717) is 26.3 Å². The van der Waals surface area contributed by atoms with Gasteiger partial charge in [-0.2, -0.15) is 0 Å². The van der Waals surface area contributed by atoms with Crippen LogP contribution in [0.1, 0.15) is 37.8 Å². The van der Waals surface area contributed by atoms with Gasteiger partial charge in [-0.05, 0) is 62.2 Å². The van der Waals surface area contributed by atoms with Crippen molar-refractivity contribution in [3.8, 4) is 0 Å². The van der Waals surface area contributed by atoms with E-state index >= 15 is 0 Å². The van der Waals surface area contributed by atoms with Gasteiger partial charge in [0.2, 0.25) is 21.8 Å². The molecule has 0 radical (unpaired) electrons. The van der Waals surface area contributed by atoms with Crippen molar-refractivity contribution in [2.75, 3.05) is 17.1 Å². The lowest BCUT2D eigenvalue weighted by Crippen LogP contribution is -2.52. The summed E-state index contributed by atoms with van der Waals surface area (Å²) in [5.41, 5.74) is 1.85. The molecule has 1 N–H and O–H groups in total. The normalized spacial score (nSPS) is 12.2. The molecule has 0 aromatic heterocycles. The van der Waals surface area contributed by atoms with Gasteiger partial charge in [-0.25, -0.2) is 8.42 Å². The number of nitrogens with zero attached hydrogens (tertiary/aromatic N) is 2. The zero-order chi connectivity index (χ0) is 30.2. The molecule has 11 heteroatoms. The second-order valence-corrected chi connectivity index (χ2v) is 13.2. The first kappa shape index (κ1) is 32.7. The smallest absolute Gasteiger partial charge is 0.243 e. The van der Waals surface area contributed by atoms with Gasteiger partial charge in [0.25, 0.3) is 0 Å². The number of hydrogen-bond acceptors (Lipinski definition) is 4. The van der Waals surface area contributed by atoms with E-state index in [-0.39, 0.29) is 50.2 Å². The minimum Gasteiger partial charge on any atom is -0.352 e. The van der Waals surface area contributed by atoms with Gasteiger partial charge in [0.15, 0.2) is 0 Å². The number of sulfonamides is 1. The number of nitrogens with one attached hydrogen (secondary N) is 1. The van der Waals surface area contributed by atoms with E-state index in [4.69, 9.17) is 34.8 Å². The highest BCUT2D eigenvalue weighted by molar-refractivity contribution is 7.92. The van der Waals surface area contributed by atoms with Crippen LogP contribution in [0.5, 0.6) is 0 Å². The average molecular weight is 639 g/mol. The molecule has 0 fully saturated rings.